The van der Waals surface area contributed by atoms with Crippen LogP contribution in [0.3, 0.4) is 0 Å². The van der Waals surface area contributed by atoms with E-state index >= 15 is 0 Å². The van der Waals surface area contributed by atoms with E-state index in [2.05, 4.69) is 27.9 Å². The largest absolute Gasteiger partial charge is 0.302 e. The Morgan fingerprint density at radius 3 is 2.69 bits per heavy atom. The molecular weight excluding hydrogens is 292 g/mol. The van der Waals surface area contributed by atoms with Crippen LogP contribution in [-0.2, 0) is 6.54 Å². The number of benzene rings is 1. The molecule has 0 spiro atoms. The lowest BCUT2D eigenvalue weighted by Crippen LogP contribution is -2.20. The summed E-state index contributed by atoms with van der Waals surface area (Å²) in [4.78, 5) is 2.30. The van der Waals surface area contributed by atoms with Gasteiger partial charge < -0.3 is 4.90 Å². The highest BCUT2D eigenvalue weighted by molar-refractivity contribution is 9.10. The maximum atomic E-state index is 12.9. The summed E-state index contributed by atoms with van der Waals surface area (Å²) in [5.41, 5.74) is 1.15. The molecule has 90 valence electrons. The van der Waals surface area contributed by atoms with Crippen LogP contribution in [-0.4, -0.2) is 18.5 Å². The average molecular weight is 309 g/mol. The molecule has 1 aliphatic carbocycles. The molecule has 0 N–H and O–H groups in total. The molecule has 4 heteroatoms. The smallest absolute Gasteiger partial charge is 0.124 e. The minimum absolute atomic E-state index is 0. The van der Waals surface area contributed by atoms with Gasteiger partial charge in [0.15, 0.2) is 0 Å². The Kier molecular flexibility index (Phi) is 5.22. The van der Waals surface area contributed by atoms with Gasteiger partial charge >= 0.3 is 0 Å². The monoisotopic (exact) mass is 307 g/mol. The predicted octanol–water partition coefficient (Wildman–Crippen LogP) is 3.85. The van der Waals surface area contributed by atoms with E-state index in [0.29, 0.717) is 0 Å². The molecule has 1 aromatic carbocycles. The van der Waals surface area contributed by atoms with E-state index in [9.17, 15) is 4.39 Å². The molecule has 1 fully saturated rings. The number of halogens is 3. The van der Waals surface area contributed by atoms with Crippen LogP contribution in [0.2, 0.25) is 0 Å². The van der Waals surface area contributed by atoms with Crippen LogP contribution in [0.4, 0.5) is 4.39 Å². The maximum Gasteiger partial charge on any atom is 0.124 e. The zero-order chi connectivity index (χ0) is 10.8. The molecule has 2 rings (SSSR count). The highest BCUT2D eigenvalue weighted by Gasteiger charge is 2.22. The summed E-state index contributed by atoms with van der Waals surface area (Å²) in [5.74, 6) is 0.713. The van der Waals surface area contributed by atoms with E-state index in [-0.39, 0.29) is 18.2 Å². The van der Waals surface area contributed by atoms with Crippen LogP contribution in [0.5, 0.6) is 0 Å². The van der Waals surface area contributed by atoms with Gasteiger partial charge in [-0.05, 0) is 43.5 Å². The molecule has 0 atom stereocenters. The van der Waals surface area contributed by atoms with Gasteiger partial charge in [0.25, 0.3) is 0 Å². The lowest BCUT2D eigenvalue weighted by atomic mass is 10.2. The van der Waals surface area contributed by atoms with E-state index < -0.39 is 0 Å². The molecule has 0 aliphatic heterocycles. The third kappa shape index (κ3) is 4.04. The van der Waals surface area contributed by atoms with Gasteiger partial charge in [-0.3, -0.25) is 0 Å². The molecule has 1 aliphatic rings. The Balaban J connectivity index is 0.00000128. The molecule has 16 heavy (non-hydrogen) atoms. The van der Waals surface area contributed by atoms with Crippen LogP contribution in [0.1, 0.15) is 18.4 Å². The van der Waals surface area contributed by atoms with Gasteiger partial charge in [-0.1, -0.05) is 22.0 Å². The van der Waals surface area contributed by atoms with Gasteiger partial charge in [-0.2, -0.15) is 0 Å². The van der Waals surface area contributed by atoms with Gasteiger partial charge in [0.05, 0.1) is 0 Å². The van der Waals surface area contributed by atoms with E-state index in [4.69, 9.17) is 0 Å². The first-order chi connectivity index (χ1) is 7.15. The van der Waals surface area contributed by atoms with Crippen molar-refractivity contribution in [1.29, 1.82) is 0 Å². The summed E-state index contributed by atoms with van der Waals surface area (Å²) < 4.78 is 13.7. The second-order valence-corrected chi connectivity index (χ2v) is 5.23. The van der Waals surface area contributed by atoms with Crippen molar-refractivity contribution < 1.29 is 4.39 Å². The predicted molar refractivity (Wildman–Crippen MR) is 70.4 cm³/mol. The molecule has 0 radical (unpaired) electrons. The van der Waals surface area contributed by atoms with E-state index in [0.717, 1.165) is 29.0 Å². The Morgan fingerprint density at radius 1 is 1.44 bits per heavy atom. The first-order valence-corrected chi connectivity index (χ1v) is 6.07. The second kappa shape index (κ2) is 5.99. The minimum atomic E-state index is -0.185. The van der Waals surface area contributed by atoms with Crippen molar-refractivity contribution in [3.8, 4) is 0 Å². The highest BCUT2D eigenvalue weighted by Crippen LogP contribution is 2.30. The summed E-state index contributed by atoms with van der Waals surface area (Å²) in [5, 5.41) is 0. The third-order valence-electron chi connectivity index (χ3n) is 2.72. The fourth-order valence-corrected chi connectivity index (χ4v) is 2.22. The Bertz CT molecular complexity index is 355. The Hall–Kier alpha value is -0.120. The SMILES string of the molecule is CN(Cc1ccc(F)cc1Br)CC1CC1.Cl. The molecule has 0 saturated heterocycles. The average Bonchev–Trinajstić information content (AvgIpc) is 2.94. The zero-order valence-corrected chi connectivity index (χ0v) is 11.7. The quantitative estimate of drug-likeness (QED) is 0.816. The van der Waals surface area contributed by atoms with Crippen LogP contribution >= 0.6 is 28.3 Å². The summed E-state index contributed by atoms with van der Waals surface area (Å²) in [7, 11) is 2.12. The van der Waals surface area contributed by atoms with E-state index in [1.54, 1.807) is 0 Å². The number of hydrogen-bond donors (Lipinski definition) is 0. The molecule has 0 heterocycles. The van der Waals surface area contributed by atoms with Crippen molar-refractivity contribution in [1.82, 2.24) is 4.90 Å². The van der Waals surface area contributed by atoms with Gasteiger partial charge in [-0.15, -0.1) is 12.4 Å². The topological polar surface area (TPSA) is 3.24 Å². The maximum absolute atomic E-state index is 12.9. The molecule has 0 amide bonds. The molecule has 0 aromatic heterocycles. The second-order valence-electron chi connectivity index (χ2n) is 4.38. The van der Waals surface area contributed by atoms with Crippen LogP contribution < -0.4 is 0 Å². The van der Waals surface area contributed by atoms with Crippen molar-refractivity contribution >= 4 is 28.3 Å². The van der Waals surface area contributed by atoms with Crippen LogP contribution in [0, 0.1) is 11.7 Å². The normalized spacial score (nSPS) is 15.0. The lowest BCUT2D eigenvalue weighted by molar-refractivity contribution is 0.312. The fourth-order valence-electron chi connectivity index (χ4n) is 1.75. The van der Waals surface area contributed by atoms with Crippen molar-refractivity contribution in [2.45, 2.75) is 19.4 Å². The van der Waals surface area contributed by atoms with E-state index in [1.165, 1.54) is 25.0 Å². The minimum Gasteiger partial charge on any atom is -0.302 e. The summed E-state index contributed by atoms with van der Waals surface area (Å²) in [6, 6.07) is 4.90. The fraction of sp³-hybridized carbons (Fsp3) is 0.500. The molecule has 1 aromatic rings. The van der Waals surface area contributed by atoms with Crippen LogP contribution in [0.25, 0.3) is 0 Å². The van der Waals surface area contributed by atoms with Gasteiger partial charge in [-0.25, -0.2) is 4.39 Å². The molecular formula is C12H16BrClFN. The number of hydrogen-bond acceptors (Lipinski definition) is 1. The highest BCUT2D eigenvalue weighted by atomic mass is 79.9. The van der Waals surface area contributed by atoms with Crippen molar-refractivity contribution in [3.05, 3.63) is 34.1 Å². The Labute approximate surface area is 111 Å². The summed E-state index contributed by atoms with van der Waals surface area (Å²) >= 11 is 3.39. The summed E-state index contributed by atoms with van der Waals surface area (Å²) in [6.07, 6.45) is 2.74. The first-order valence-electron chi connectivity index (χ1n) is 5.27. The third-order valence-corrected chi connectivity index (χ3v) is 3.46. The van der Waals surface area contributed by atoms with Gasteiger partial charge in [0, 0.05) is 17.6 Å². The van der Waals surface area contributed by atoms with Crippen molar-refractivity contribution in [2.24, 2.45) is 5.92 Å². The number of nitrogens with zero attached hydrogens (tertiary/aromatic N) is 1. The molecule has 1 nitrogen and oxygen atoms in total. The Morgan fingerprint density at radius 2 is 2.12 bits per heavy atom. The number of rotatable bonds is 4. The van der Waals surface area contributed by atoms with Gasteiger partial charge in [0.1, 0.15) is 5.82 Å². The summed E-state index contributed by atoms with van der Waals surface area (Å²) in [6.45, 7) is 2.04. The van der Waals surface area contributed by atoms with E-state index in [1.807, 2.05) is 6.07 Å². The molecule has 0 bridgehead atoms. The molecule has 1 saturated carbocycles. The molecule has 0 unspecified atom stereocenters. The zero-order valence-electron chi connectivity index (χ0n) is 9.25. The first kappa shape index (κ1) is 13.9. The van der Waals surface area contributed by atoms with Gasteiger partial charge in [0.2, 0.25) is 0 Å². The van der Waals surface area contributed by atoms with Crippen molar-refractivity contribution in [3.63, 3.8) is 0 Å². The van der Waals surface area contributed by atoms with Crippen molar-refractivity contribution in [2.75, 3.05) is 13.6 Å². The lowest BCUT2D eigenvalue weighted by Gasteiger charge is -2.17. The van der Waals surface area contributed by atoms with Crippen LogP contribution in [0.15, 0.2) is 22.7 Å². The standard InChI is InChI=1S/C12H15BrFN.ClH/c1-15(7-9-2-3-9)8-10-4-5-11(14)6-12(10)13;/h4-6,9H,2-3,7-8H2,1H3;1H.